The molecular formula is C14H14N2O3. The summed E-state index contributed by atoms with van der Waals surface area (Å²) in [5, 5.41) is 5.26. The summed E-state index contributed by atoms with van der Waals surface area (Å²) in [5.74, 6) is -0.319. The van der Waals surface area contributed by atoms with Crippen molar-refractivity contribution in [2.75, 3.05) is 12.4 Å². The molecule has 19 heavy (non-hydrogen) atoms. The first-order valence-corrected chi connectivity index (χ1v) is 5.79. The molecule has 0 aliphatic carbocycles. The lowest BCUT2D eigenvalue weighted by Gasteiger charge is -2.09. The number of anilines is 1. The van der Waals surface area contributed by atoms with Gasteiger partial charge in [0.1, 0.15) is 0 Å². The van der Waals surface area contributed by atoms with E-state index in [-0.39, 0.29) is 17.6 Å². The van der Waals surface area contributed by atoms with Crippen LogP contribution in [0.2, 0.25) is 0 Å². The molecule has 0 aliphatic heterocycles. The summed E-state index contributed by atoms with van der Waals surface area (Å²) < 4.78 is 5.01. The highest BCUT2D eigenvalue weighted by Gasteiger charge is 2.12. The standard InChI is InChI=1S/C14H14N2O3/c1-9-5-6-10(13(17)15-2)8-11(9)16-14(18)12-4-3-7-19-12/h3-8H,1-2H3,(H,15,17)(H,16,18). The molecule has 0 bridgehead atoms. The summed E-state index contributed by atoms with van der Waals surface area (Å²) in [6, 6.07) is 8.34. The average Bonchev–Trinajstić information content (AvgIpc) is 2.94. The summed E-state index contributed by atoms with van der Waals surface area (Å²) >= 11 is 0. The van der Waals surface area contributed by atoms with Gasteiger partial charge in [-0.25, -0.2) is 0 Å². The van der Waals surface area contributed by atoms with Crippen molar-refractivity contribution in [1.29, 1.82) is 0 Å². The highest BCUT2D eigenvalue weighted by Crippen LogP contribution is 2.18. The number of nitrogens with one attached hydrogen (secondary N) is 2. The molecule has 1 aromatic carbocycles. The van der Waals surface area contributed by atoms with E-state index in [2.05, 4.69) is 10.6 Å². The van der Waals surface area contributed by atoms with Gasteiger partial charge in [-0.15, -0.1) is 0 Å². The first kappa shape index (κ1) is 12.9. The van der Waals surface area contributed by atoms with E-state index in [4.69, 9.17) is 4.42 Å². The SMILES string of the molecule is CNC(=O)c1ccc(C)c(NC(=O)c2ccco2)c1. The van der Waals surface area contributed by atoms with Crippen molar-refractivity contribution < 1.29 is 14.0 Å². The van der Waals surface area contributed by atoms with Crippen molar-refractivity contribution in [1.82, 2.24) is 5.32 Å². The van der Waals surface area contributed by atoms with Gasteiger partial charge in [0.05, 0.1) is 6.26 Å². The van der Waals surface area contributed by atoms with Crippen molar-refractivity contribution in [2.24, 2.45) is 0 Å². The van der Waals surface area contributed by atoms with Crippen LogP contribution in [0.4, 0.5) is 5.69 Å². The van der Waals surface area contributed by atoms with Crippen LogP contribution in [0.5, 0.6) is 0 Å². The number of benzene rings is 1. The monoisotopic (exact) mass is 258 g/mol. The molecule has 0 fully saturated rings. The third-order valence-corrected chi connectivity index (χ3v) is 2.72. The number of aryl methyl sites for hydroxylation is 1. The Kier molecular flexibility index (Phi) is 3.66. The summed E-state index contributed by atoms with van der Waals surface area (Å²) in [4.78, 5) is 23.4. The number of hydrogen-bond donors (Lipinski definition) is 2. The Morgan fingerprint density at radius 3 is 2.58 bits per heavy atom. The molecule has 0 saturated heterocycles. The fourth-order valence-corrected chi connectivity index (χ4v) is 1.63. The minimum Gasteiger partial charge on any atom is -0.459 e. The average molecular weight is 258 g/mol. The van der Waals surface area contributed by atoms with E-state index in [1.165, 1.54) is 6.26 Å². The number of hydrogen-bond acceptors (Lipinski definition) is 3. The van der Waals surface area contributed by atoms with Gasteiger partial charge in [0.15, 0.2) is 5.76 Å². The van der Waals surface area contributed by atoms with E-state index in [1.54, 1.807) is 37.4 Å². The third kappa shape index (κ3) is 2.82. The molecular weight excluding hydrogens is 244 g/mol. The minimum atomic E-state index is -0.345. The molecule has 2 rings (SSSR count). The molecule has 0 aliphatic rings. The number of carbonyl (C=O) groups excluding carboxylic acids is 2. The van der Waals surface area contributed by atoms with Crippen molar-refractivity contribution in [2.45, 2.75) is 6.92 Å². The van der Waals surface area contributed by atoms with Gasteiger partial charge in [-0.1, -0.05) is 6.07 Å². The lowest BCUT2D eigenvalue weighted by molar-refractivity contribution is 0.0960. The predicted molar refractivity (Wildman–Crippen MR) is 71.2 cm³/mol. The molecule has 98 valence electrons. The van der Waals surface area contributed by atoms with Gasteiger partial charge in [0.25, 0.3) is 11.8 Å². The van der Waals surface area contributed by atoms with E-state index in [0.29, 0.717) is 11.3 Å². The molecule has 0 saturated carbocycles. The lowest BCUT2D eigenvalue weighted by atomic mass is 10.1. The second-order valence-corrected chi connectivity index (χ2v) is 4.04. The Morgan fingerprint density at radius 1 is 1.16 bits per heavy atom. The quantitative estimate of drug-likeness (QED) is 0.886. The van der Waals surface area contributed by atoms with Crippen LogP contribution in [0, 0.1) is 6.92 Å². The van der Waals surface area contributed by atoms with Gasteiger partial charge in [-0.2, -0.15) is 0 Å². The topological polar surface area (TPSA) is 71.3 Å². The van der Waals surface area contributed by atoms with Crippen LogP contribution in [-0.2, 0) is 0 Å². The van der Waals surface area contributed by atoms with Gasteiger partial charge in [-0.3, -0.25) is 9.59 Å². The zero-order valence-electron chi connectivity index (χ0n) is 10.7. The van der Waals surface area contributed by atoms with Crippen LogP contribution in [0.15, 0.2) is 41.0 Å². The van der Waals surface area contributed by atoms with E-state index in [0.717, 1.165) is 5.56 Å². The lowest BCUT2D eigenvalue weighted by Crippen LogP contribution is -2.18. The summed E-state index contributed by atoms with van der Waals surface area (Å²) in [5.41, 5.74) is 1.94. The molecule has 0 unspecified atom stereocenters. The van der Waals surface area contributed by atoms with Crippen molar-refractivity contribution in [3.63, 3.8) is 0 Å². The first-order valence-electron chi connectivity index (χ1n) is 5.79. The predicted octanol–water partition coefficient (Wildman–Crippen LogP) is 2.20. The third-order valence-electron chi connectivity index (χ3n) is 2.72. The maximum Gasteiger partial charge on any atom is 0.291 e. The van der Waals surface area contributed by atoms with E-state index in [9.17, 15) is 9.59 Å². The molecule has 2 aromatic rings. The van der Waals surface area contributed by atoms with Crippen LogP contribution in [0.25, 0.3) is 0 Å². The van der Waals surface area contributed by atoms with E-state index >= 15 is 0 Å². The summed E-state index contributed by atoms with van der Waals surface area (Å²) in [6.45, 7) is 1.85. The van der Waals surface area contributed by atoms with Gasteiger partial charge in [0, 0.05) is 18.3 Å². The highest BCUT2D eigenvalue weighted by atomic mass is 16.3. The molecule has 5 nitrogen and oxygen atoms in total. The smallest absolute Gasteiger partial charge is 0.291 e. The fourth-order valence-electron chi connectivity index (χ4n) is 1.63. The number of furan rings is 1. The zero-order valence-corrected chi connectivity index (χ0v) is 10.7. The minimum absolute atomic E-state index is 0.200. The highest BCUT2D eigenvalue weighted by molar-refractivity contribution is 6.03. The Morgan fingerprint density at radius 2 is 1.95 bits per heavy atom. The van der Waals surface area contributed by atoms with Crippen LogP contribution in [0.1, 0.15) is 26.5 Å². The van der Waals surface area contributed by atoms with Crippen LogP contribution >= 0.6 is 0 Å². The molecule has 0 spiro atoms. The first-order chi connectivity index (χ1) is 9.11. The zero-order chi connectivity index (χ0) is 13.8. The number of rotatable bonds is 3. The van der Waals surface area contributed by atoms with Crippen molar-refractivity contribution in [3.8, 4) is 0 Å². The normalized spacial score (nSPS) is 10.0. The van der Waals surface area contributed by atoms with Crippen LogP contribution in [0.3, 0.4) is 0 Å². The van der Waals surface area contributed by atoms with E-state index < -0.39 is 0 Å². The van der Waals surface area contributed by atoms with E-state index in [1.807, 2.05) is 6.92 Å². The maximum atomic E-state index is 11.9. The molecule has 1 aromatic heterocycles. The fraction of sp³-hybridized carbons (Fsp3) is 0.143. The number of amides is 2. The molecule has 1 heterocycles. The second kappa shape index (κ2) is 5.39. The van der Waals surface area contributed by atoms with Gasteiger partial charge in [0.2, 0.25) is 0 Å². The molecule has 5 heteroatoms. The Labute approximate surface area is 110 Å². The second-order valence-electron chi connectivity index (χ2n) is 4.04. The maximum absolute atomic E-state index is 11.9. The van der Waals surface area contributed by atoms with Crippen molar-refractivity contribution >= 4 is 17.5 Å². The van der Waals surface area contributed by atoms with Crippen LogP contribution in [-0.4, -0.2) is 18.9 Å². The molecule has 2 N–H and O–H groups in total. The van der Waals surface area contributed by atoms with Gasteiger partial charge in [-0.05, 0) is 36.8 Å². The molecule has 0 atom stereocenters. The largest absolute Gasteiger partial charge is 0.459 e. The van der Waals surface area contributed by atoms with Crippen LogP contribution < -0.4 is 10.6 Å². The van der Waals surface area contributed by atoms with Gasteiger partial charge >= 0.3 is 0 Å². The van der Waals surface area contributed by atoms with Gasteiger partial charge < -0.3 is 15.1 Å². The Balaban J connectivity index is 2.24. The molecule has 2 amide bonds. The molecule has 0 radical (unpaired) electrons. The van der Waals surface area contributed by atoms with Crippen molar-refractivity contribution in [3.05, 3.63) is 53.5 Å². The Hall–Kier alpha value is -2.56. The number of carbonyl (C=O) groups is 2. The summed E-state index contributed by atoms with van der Waals surface area (Å²) in [7, 11) is 1.56. The summed E-state index contributed by atoms with van der Waals surface area (Å²) in [6.07, 6.45) is 1.43. The Bertz CT molecular complexity index is 603.